The van der Waals surface area contributed by atoms with Gasteiger partial charge >= 0.3 is 11.9 Å². The number of phenolic OH excluding ortho intramolecular Hbond substituents is 2. The lowest BCUT2D eigenvalue weighted by molar-refractivity contribution is -0.125. The van der Waals surface area contributed by atoms with Gasteiger partial charge in [-0.3, -0.25) is 24.0 Å². The number of ether oxygens (including phenoxy) is 2. The molecule has 4 aliphatic rings. The van der Waals surface area contributed by atoms with Crippen LogP contribution in [0.15, 0.2) is 222 Å². The molecule has 8 aromatic carbocycles. The van der Waals surface area contributed by atoms with Crippen molar-refractivity contribution >= 4 is 151 Å². The number of rotatable bonds is 29. The molecular formula is C85H90N12O19S4. The van der Waals surface area contributed by atoms with Gasteiger partial charge in [0, 0.05) is 209 Å². The molecule has 2 aliphatic carbocycles. The summed E-state index contributed by atoms with van der Waals surface area (Å²) in [6.07, 6.45) is 0. The van der Waals surface area contributed by atoms with Gasteiger partial charge in [0.05, 0.1) is 20.9 Å². The lowest BCUT2D eigenvalue weighted by Crippen LogP contribution is -2.37. The molecule has 2 aliphatic heterocycles. The van der Waals surface area contributed by atoms with Gasteiger partial charge in [-0.15, -0.1) is 0 Å². The molecule has 35 heteroatoms. The third-order valence-corrected chi connectivity index (χ3v) is 21.4. The van der Waals surface area contributed by atoms with E-state index in [9.17, 15) is 70.8 Å². The zero-order valence-corrected chi connectivity index (χ0v) is 69.8. The van der Waals surface area contributed by atoms with Gasteiger partial charge in [0.25, 0.3) is 0 Å². The fraction of sp³-hybridized carbons (Fsp3) is 0.212. The van der Waals surface area contributed by atoms with Crippen molar-refractivity contribution in [3.8, 4) is 56.4 Å². The van der Waals surface area contributed by atoms with Crippen molar-refractivity contribution in [3.63, 3.8) is 0 Å². The number of thiocarbonyl (C=S) groups is 2. The highest BCUT2D eigenvalue weighted by Gasteiger charge is 2.27. The average molecular weight is 1710 g/mol. The van der Waals surface area contributed by atoms with E-state index in [4.69, 9.17) is 42.7 Å². The molecule has 0 atom stereocenters. The number of carbonyl (C=O) groups excluding carboxylic acids is 3. The predicted octanol–water partition coefficient (Wildman–Crippen LogP) is 9.66. The van der Waals surface area contributed by atoms with Crippen LogP contribution in [0.1, 0.15) is 34.6 Å². The largest absolute Gasteiger partial charge is 0.508 e. The number of hydrogen-bond acceptors (Lipinski definition) is 22. The zero-order valence-electron chi connectivity index (χ0n) is 66.5. The van der Waals surface area contributed by atoms with Crippen LogP contribution in [0.4, 0.5) is 22.7 Å². The van der Waals surface area contributed by atoms with E-state index in [0.717, 1.165) is 33.2 Å². The summed E-state index contributed by atoms with van der Waals surface area (Å²) in [7, 11) is 3.31. The number of carboxylic acid groups (broad SMARTS) is 2. The number of nitrogens with zero attached hydrogens (tertiary/aromatic N) is 2. The first-order chi connectivity index (χ1) is 57.2. The second-order valence-electron chi connectivity index (χ2n) is 27.1. The first-order valence-corrected chi connectivity index (χ1v) is 40.7. The summed E-state index contributed by atoms with van der Waals surface area (Å²) in [5.41, 5.74) is 6.73. The number of amides is 3. The summed E-state index contributed by atoms with van der Waals surface area (Å²) in [5.74, 6) is -2.53. The standard InChI is InChI=1S/C26H23N3O7S.C25H21N3O6S.C17H23N3O4S.C17H23N3O2S/c1-35-13-23(32)27-8-9-28-26(37)29-14-2-5-17(20(10-14)25(33)34)24-18-6-3-15(30)11-21(18)36-22-12-16(31)4-7-19(22)24;1-13(29)26-8-9-27-25(35)28-14-2-5-17(20(10-14)24(32)33)23-18-6-3-15(30)11-21(18)34-22-12-16(31)4-7-19(22)23;1-20(2)15-8-4-7-14-13(15)6-5-9-16(14)25(22,23)19-11-10-18-17(21)12-24-3;1-13(2)18-11-12-19-23(21,22)17-10-6-7-14-15(17)8-5-9-16(14)20(3)4/h2-7,10-12,30H,8-9,13H2,1H3,(H,27,32)(H,33,34)(H2,28,29,37);2-7,10-12,30H,8-9H2,1H3,(H,26,29)(H,32,33)(H2,27,28,35);4-9,19H,10-12H2,1-3H3,(H,18,21);5-10,18-19H,1,11-12H2,2-4H3. The van der Waals surface area contributed by atoms with Crippen LogP contribution in [0.3, 0.4) is 0 Å². The Balaban J connectivity index is 0.000000186. The van der Waals surface area contributed by atoms with Gasteiger partial charge in [-0.05, 0) is 140 Å². The Morgan fingerprint density at radius 3 is 1.18 bits per heavy atom. The summed E-state index contributed by atoms with van der Waals surface area (Å²) in [4.78, 5) is 86.6. The second kappa shape index (κ2) is 41.8. The van der Waals surface area contributed by atoms with Crippen LogP contribution in [-0.4, -0.2) is 185 Å². The Morgan fingerprint density at radius 2 is 0.800 bits per heavy atom. The van der Waals surface area contributed by atoms with Crippen LogP contribution in [-0.2, 0) is 43.9 Å². The fourth-order valence-electron chi connectivity index (χ4n) is 12.6. The number of anilines is 4. The number of carboxylic acids is 2. The van der Waals surface area contributed by atoms with E-state index >= 15 is 0 Å². The van der Waals surface area contributed by atoms with Crippen molar-refractivity contribution in [3.05, 3.63) is 226 Å². The van der Waals surface area contributed by atoms with Crippen molar-refractivity contribution in [2.75, 3.05) is 128 Å². The molecule has 0 spiro atoms. The molecule has 14 N–H and O–H groups in total. The predicted molar refractivity (Wildman–Crippen MR) is 473 cm³/mol. The number of carbonyl (C=O) groups is 5. The molecule has 0 saturated carbocycles. The van der Waals surface area contributed by atoms with E-state index in [1.54, 1.807) is 78.9 Å². The molecule has 120 heavy (non-hydrogen) atoms. The Bertz CT molecular complexity index is 6140. The summed E-state index contributed by atoms with van der Waals surface area (Å²) in [6.45, 7) is 9.44. The van der Waals surface area contributed by atoms with Crippen molar-refractivity contribution in [1.29, 1.82) is 0 Å². The molecule has 0 fully saturated rings. The third-order valence-electron chi connectivity index (χ3n) is 17.8. The number of benzene rings is 10. The van der Waals surface area contributed by atoms with Gasteiger partial charge in [-0.1, -0.05) is 67.2 Å². The normalized spacial score (nSPS) is 11.1. The van der Waals surface area contributed by atoms with Crippen LogP contribution in [0, 0.1) is 0 Å². The minimum Gasteiger partial charge on any atom is -0.508 e. The number of aromatic carboxylic acids is 2. The second-order valence-corrected chi connectivity index (χ2v) is 31.4. The van der Waals surface area contributed by atoms with E-state index in [0.29, 0.717) is 116 Å². The van der Waals surface area contributed by atoms with E-state index in [1.165, 1.54) is 81.8 Å². The summed E-state index contributed by atoms with van der Waals surface area (Å²) in [5, 5.41) is 67.4. The molecule has 0 aromatic heterocycles. The SMILES string of the molecule is C=C(C)NCCNS(=O)(=O)c1cccc2c(N(C)C)cccc12.CC(=O)NCCNC(=S)Nc1ccc(-c2c3ccc(=O)cc-3oc3cc(O)ccc23)c(C(=O)O)c1.COCC(=O)NCCNC(=S)Nc1ccc(-c2c3ccc(=O)cc-3oc3cc(O)ccc23)c(C(=O)O)c1.COCC(=O)NCCNS(=O)(=O)c1cccc2c(N(C)C)cccc12. The van der Waals surface area contributed by atoms with E-state index in [-0.39, 0.29) is 104 Å². The van der Waals surface area contributed by atoms with E-state index in [2.05, 4.69) is 58.6 Å². The monoisotopic (exact) mass is 1710 g/mol. The van der Waals surface area contributed by atoms with Gasteiger partial charge in [0.2, 0.25) is 37.8 Å². The Morgan fingerprint density at radius 1 is 0.433 bits per heavy atom. The summed E-state index contributed by atoms with van der Waals surface area (Å²) < 4.78 is 76.7. The van der Waals surface area contributed by atoms with Crippen LogP contribution in [0.5, 0.6) is 11.5 Å². The van der Waals surface area contributed by atoms with Crippen molar-refractivity contribution in [1.82, 2.24) is 41.3 Å². The van der Waals surface area contributed by atoms with Crippen molar-refractivity contribution in [2.45, 2.75) is 23.6 Å². The Labute approximate surface area is 701 Å². The number of hydrogen-bond donors (Lipinski definition) is 14. The number of phenols is 2. The van der Waals surface area contributed by atoms with Gasteiger partial charge in [0.15, 0.2) is 21.1 Å². The van der Waals surface area contributed by atoms with Crippen LogP contribution in [0.2, 0.25) is 0 Å². The highest BCUT2D eigenvalue weighted by molar-refractivity contribution is 7.90. The molecule has 2 heterocycles. The maximum absolute atomic E-state index is 12.6. The lowest BCUT2D eigenvalue weighted by atomic mass is 9.90. The Hall–Kier alpha value is -13.1. The van der Waals surface area contributed by atoms with Gasteiger partial charge in [0.1, 0.15) is 47.4 Å². The van der Waals surface area contributed by atoms with Crippen LogP contribution < -0.4 is 72.6 Å². The number of aromatic hydroxyl groups is 2. The highest BCUT2D eigenvalue weighted by Crippen LogP contribution is 2.45. The number of sulfonamides is 2. The maximum Gasteiger partial charge on any atom is 0.336 e. The Kier molecular flexibility index (Phi) is 31.6. The average Bonchev–Trinajstić information content (AvgIpc) is 0.751. The zero-order chi connectivity index (χ0) is 87.1. The molecule has 628 valence electrons. The molecular weight excluding hydrogens is 1620 g/mol. The highest BCUT2D eigenvalue weighted by atomic mass is 32.2. The number of methoxy groups -OCH3 is 2. The van der Waals surface area contributed by atoms with Gasteiger partial charge in [-0.2, -0.15) is 0 Å². The molecule has 3 amide bonds. The minimum absolute atomic E-state index is 0.00382. The number of fused-ring (bicyclic) bond motifs is 6. The van der Waals surface area contributed by atoms with Crippen molar-refractivity contribution < 1.29 is 79.5 Å². The lowest BCUT2D eigenvalue weighted by Gasteiger charge is -2.18. The maximum atomic E-state index is 12.6. The minimum atomic E-state index is -3.69. The molecule has 0 radical (unpaired) electrons. The van der Waals surface area contributed by atoms with Crippen LogP contribution in [0.25, 0.3) is 88.4 Å². The number of allylic oxidation sites excluding steroid dienone is 1. The first kappa shape index (κ1) is 90.8. The molecule has 8 aromatic rings. The molecule has 12 rings (SSSR count). The molecule has 0 saturated heterocycles. The molecule has 0 bridgehead atoms. The molecule has 31 nitrogen and oxygen atoms in total. The van der Waals surface area contributed by atoms with Crippen molar-refractivity contribution in [2.24, 2.45) is 0 Å². The smallest absolute Gasteiger partial charge is 0.336 e. The topological polar surface area (TPSA) is 440 Å². The fourth-order valence-corrected chi connectivity index (χ4v) is 15.6. The molecule has 0 unspecified atom stereocenters. The summed E-state index contributed by atoms with van der Waals surface area (Å²) in [6, 6.07) is 49.0. The van der Waals surface area contributed by atoms with E-state index < -0.39 is 32.0 Å². The van der Waals surface area contributed by atoms with Crippen LogP contribution >= 0.6 is 24.4 Å². The quantitative estimate of drug-likeness (QED) is 0.0118. The summed E-state index contributed by atoms with van der Waals surface area (Å²) >= 11 is 10.5. The first-order valence-electron chi connectivity index (χ1n) is 37.0. The third kappa shape index (κ3) is 24.1. The van der Waals surface area contributed by atoms with E-state index in [1.807, 2.05) is 87.4 Å². The van der Waals surface area contributed by atoms with Gasteiger partial charge < -0.3 is 91.1 Å². The van der Waals surface area contributed by atoms with Gasteiger partial charge in [-0.25, -0.2) is 35.9 Å². The number of nitrogens with one attached hydrogen (secondary N) is 10.